The van der Waals surface area contributed by atoms with Crippen LogP contribution in [0.3, 0.4) is 0 Å². The van der Waals surface area contributed by atoms with Crippen molar-refractivity contribution >= 4 is 15.9 Å². The van der Waals surface area contributed by atoms with Crippen molar-refractivity contribution in [3.8, 4) is 0 Å². The van der Waals surface area contributed by atoms with Gasteiger partial charge in [0.2, 0.25) is 0 Å². The number of rotatable bonds is 6. The smallest absolute Gasteiger partial charge is 0.0780 e. The number of aliphatic hydroxyl groups is 1. The third-order valence-corrected chi connectivity index (χ3v) is 2.27. The van der Waals surface area contributed by atoms with E-state index < -0.39 is 0 Å². The fourth-order valence-electron chi connectivity index (χ4n) is 1.03. The highest BCUT2D eigenvalue weighted by Gasteiger charge is 2.04. The molecule has 14 heavy (non-hydrogen) atoms. The van der Waals surface area contributed by atoms with Crippen molar-refractivity contribution in [3.63, 3.8) is 0 Å². The van der Waals surface area contributed by atoms with Gasteiger partial charge in [-0.25, -0.2) is 0 Å². The Hall–Kier alpha value is 0.880. The highest BCUT2D eigenvalue weighted by molar-refractivity contribution is 9.09. The topological polar surface area (TPSA) is 20.2 Å². The maximum atomic E-state index is 7.00. The molecule has 0 saturated heterocycles. The molecule has 0 saturated carbocycles. The summed E-state index contributed by atoms with van der Waals surface area (Å²) in [6.45, 7) is 1.31. The van der Waals surface area contributed by atoms with Crippen LogP contribution >= 0.6 is 15.9 Å². The third-order valence-electron chi connectivity index (χ3n) is 1.71. The zero-order valence-corrected chi connectivity index (χ0v) is 13.1. The largest absolute Gasteiger partial charge is 1.00 e. The Morgan fingerprint density at radius 1 is 0.929 bits per heavy atom. The van der Waals surface area contributed by atoms with Gasteiger partial charge in [-0.15, -0.1) is 0 Å². The molecule has 0 heterocycles. The number of nitrogens with zero attached hydrogens (tertiary/aromatic N) is 1. The lowest BCUT2D eigenvalue weighted by Crippen LogP contribution is -3.00. The molecule has 0 bridgehead atoms. The monoisotopic (exact) mass is 333 g/mol. The highest BCUT2D eigenvalue weighted by Crippen LogP contribution is 2.04. The molecule has 0 aromatic carbocycles. The molecular weight excluding hydrogens is 310 g/mol. The second-order valence-electron chi connectivity index (χ2n) is 4.12. The summed E-state index contributed by atoms with van der Waals surface area (Å²) in [5.74, 6) is 0. The van der Waals surface area contributed by atoms with Gasteiger partial charge in [0.25, 0.3) is 0 Å². The Balaban J connectivity index is -0.000000376. The minimum atomic E-state index is 0. The number of aliphatic hydroxyl groups excluding tert-OH is 1. The van der Waals surface area contributed by atoms with Crippen LogP contribution in [0.1, 0.15) is 25.7 Å². The van der Waals surface area contributed by atoms with E-state index in [0.29, 0.717) is 0 Å². The van der Waals surface area contributed by atoms with Crippen LogP contribution in [-0.4, -0.2) is 49.7 Å². The number of hydrogen-bond acceptors (Lipinski definition) is 1. The van der Waals surface area contributed by atoms with Crippen molar-refractivity contribution in [2.45, 2.75) is 25.7 Å². The number of quaternary nitrogens is 1. The molecule has 0 atom stereocenters. The molecule has 0 aliphatic carbocycles. The van der Waals surface area contributed by atoms with Crippen LogP contribution in [0.4, 0.5) is 0 Å². The predicted octanol–water partition coefficient (Wildman–Crippen LogP) is -0.740. The van der Waals surface area contributed by atoms with Crippen LogP contribution in [-0.2, 0) is 0 Å². The molecule has 90 valence electrons. The Morgan fingerprint density at radius 2 is 1.36 bits per heavy atom. The lowest BCUT2D eigenvalue weighted by molar-refractivity contribution is -0.870. The van der Waals surface area contributed by atoms with E-state index in [0.717, 1.165) is 16.9 Å². The summed E-state index contributed by atoms with van der Waals surface area (Å²) in [4.78, 5) is 0. The van der Waals surface area contributed by atoms with Crippen LogP contribution in [0.2, 0.25) is 0 Å². The summed E-state index contributed by atoms with van der Waals surface area (Å²) in [5, 5.41) is 8.16. The fraction of sp³-hybridized carbons (Fsp3) is 1.00. The van der Waals surface area contributed by atoms with Crippen LogP contribution in [0.15, 0.2) is 0 Å². The average molecular weight is 335 g/mol. The molecule has 2 nitrogen and oxygen atoms in total. The van der Waals surface area contributed by atoms with E-state index >= 15 is 0 Å². The Kier molecular flexibility index (Phi) is 20.1. The molecule has 0 amide bonds. The first-order valence-corrected chi connectivity index (χ1v) is 5.99. The minimum Gasteiger partial charge on any atom is -1.00 e. The Morgan fingerprint density at radius 3 is 1.71 bits per heavy atom. The number of alkyl halides is 1. The third kappa shape index (κ3) is 23.1. The van der Waals surface area contributed by atoms with Gasteiger partial charge in [-0.1, -0.05) is 22.4 Å². The lowest BCUT2D eigenvalue weighted by Gasteiger charge is -2.23. The van der Waals surface area contributed by atoms with Crippen molar-refractivity contribution in [2.75, 3.05) is 40.1 Å². The first-order chi connectivity index (χ1) is 6.06. The van der Waals surface area contributed by atoms with Gasteiger partial charge in [0.1, 0.15) is 0 Å². The first kappa shape index (κ1) is 20.3. The van der Waals surface area contributed by atoms with Crippen LogP contribution < -0.4 is 17.0 Å². The molecule has 1 N–H and O–H groups in total. The Labute approximate surface area is 108 Å². The molecule has 0 aromatic heterocycles. The van der Waals surface area contributed by atoms with E-state index in [9.17, 15) is 0 Å². The lowest BCUT2D eigenvalue weighted by atomic mass is 10.2. The zero-order valence-electron chi connectivity index (χ0n) is 9.89. The van der Waals surface area contributed by atoms with Crippen molar-refractivity contribution in [2.24, 2.45) is 0 Å². The molecule has 0 aliphatic heterocycles. The summed E-state index contributed by atoms with van der Waals surface area (Å²) >= 11 is 3.44. The Bertz CT molecular complexity index is 94.6. The molecule has 0 aliphatic rings. The van der Waals surface area contributed by atoms with Gasteiger partial charge in [-0.05, 0) is 19.3 Å². The molecule has 0 unspecified atom stereocenters. The molecule has 0 rings (SSSR count). The van der Waals surface area contributed by atoms with Crippen molar-refractivity contribution < 1.29 is 26.6 Å². The standard InChI is InChI=1S/C9H21BrN.CH4O.BrH/c1-11(2,3)9-7-5-4-6-8-10;1-2;/h4-9H2,1-3H3;2H,1H3;1H/q+1;;/p-1. The van der Waals surface area contributed by atoms with E-state index in [1.54, 1.807) is 0 Å². The van der Waals surface area contributed by atoms with Gasteiger partial charge in [0.05, 0.1) is 27.7 Å². The van der Waals surface area contributed by atoms with Crippen LogP contribution in [0.25, 0.3) is 0 Å². The molecule has 0 spiro atoms. The van der Waals surface area contributed by atoms with Gasteiger partial charge in [0, 0.05) is 12.4 Å². The minimum absolute atomic E-state index is 0. The van der Waals surface area contributed by atoms with Gasteiger partial charge in [0.15, 0.2) is 0 Å². The van der Waals surface area contributed by atoms with Gasteiger partial charge in [-0.2, -0.15) is 0 Å². The van der Waals surface area contributed by atoms with Gasteiger partial charge < -0.3 is 26.6 Å². The molecule has 0 fully saturated rings. The van der Waals surface area contributed by atoms with E-state index in [1.807, 2.05) is 0 Å². The molecule has 4 heteroatoms. The van der Waals surface area contributed by atoms with Crippen molar-refractivity contribution in [1.29, 1.82) is 0 Å². The SMILES string of the molecule is CO.C[N+](C)(C)CCCCCCBr.[Br-]. The van der Waals surface area contributed by atoms with E-state index in [4.69, 9.17) is 5.11 Å². The van der Waals surface area contributed by atoms with E-state index in [1.165, 1.54) is 32.2 Å². The van der Waals surface area contributed by atoms with Crippen LogP contribution in [0, 0.1) is 0 Å². The van der Waals surface area contributed by atoms with Gasteiger partial charge >= 0.3 is 0 Å². The summed E-state index contributed by atoms with van der Waals surface area (Å²) < 4.78 is 1.11. The maximum absolute atomic E-state index is 7.00. The highest BCUT2D eigenvalue weighted by atomic mass is 79.9. The zero-order chi connectivity index (χ0) is 10.7. The number of halogens is 2. The number of unbranched alkanes of at least 4 members (excludes halogenated alkanes) is 3. The first-order valence-electron chi connectivity index (χ1n) is 4.87. The van der Waals surface area contributed by atoms with Gasteiger partial charge in [-0.3, -0.25) is 0 Å². The maximum Gasteiger partial charge on any atom is 0.0780 e. The number of hydrogen-bond donors (Lipinski definition) is 1. The molecular formula is C10H25Br2NO. The average Bonchev–Trinajstić information content (AvgIpc) is 2.06. The quantitative estimate of drug-likeness (QED) is 0.385. The summed E-state index contributed by atoms with van der Waals surface area (Å²) in [5.41, 5.74) is 0. The second-order valence-corrected chi connectivity index (χ2v) is 4.91. The predicted molar refractivity (Wildman–Crippen MR) is 63.3 cm³/mol. The fourth-order valence-corrected chi connectivity index (χ4v) is 1.43. The van der Waals surface area contributed by atoms with Crippen LogP contribution in [0.5, 0.6) is 0 Å². The molecule has 0 aromatic rings. The second kappa shape index (κ2) is 13.9. The van der Waals surface area contributed by atoms with E-state index in [2.05, 4.69) is 37.1 Å². The summed E-state index contributed by atoms with van der Waals surface area (Å²) in [6, 6.07) is 0. The molecule has 0 radical (unpaired) electrons. The van der Waals surface area contributed by atoms with Crippen molar-refractivity contribution in [1.82, 2.24) is 0 Å². The van der Waals surface area contributed by atoms with Crippen molar-refractivity contribution in [3.05, 3.63) is 0 Å². The van der Waals surface area contributed by atoms with E-state index in [-0.39, 0.29) is 17.0 Å². The summed E-state index contributed by atoms with van der Waals surface area (Å²) in [6.07, 6.45) is 5.47. The normalized spacial score (nSPS) is 9.86. The summed E-state index contributed by atoms with van der Waals surface area (Å²) in [7, 11) is 7.76.